The number of hydrazine groups is 1. The lowest BCUT2D eigenvalue weighted by molar-refractivity contribution is 0.338. The molecule has 0 bridgehead atoms. The molecular weight excluding hydrogens is 230 g/mol. The van der Waals surface area contributed by atoms with Gasteiger partial charge in [0.05, 0.1) is 30.9 Å². The smallest absolute Gasteiger partial charge is 0.137 e. The summed E-state index contributed by atoms with van der Waals surface area (Å²) in [6.45, 7) is 2.54. The second kappa shape index (κ2) is 5.61. The SMILES string of the molecule is CCOc1cncc(C(NN)c2cn(C)cn2)c1. The molecule has 0 fully saturated rings. The second-order valence-electron chi connectivity index (χ2n) is 3.95. The van der Waals surface area contributed by atoms with Crippen molar-refractivity contribution >= 4 is 0 Å². The summed E-state index contributed by atoms with van der Waals surface area (Å²) in [5.74, 6) is 6.33. The molecule has 1 atom stereocenters. The van der Waals surface area contributed by atoms with Crippen molar-refractivity contribution in [2.24, 2.45) is 12.9 Å². The van der Waals surface area contributed by atoms with Crippen LogP contribution in [0.5, 0.6) is 5.75 Å². The van der Waals surface area contributed by atoms with Gasteiger partial charge in [0.25, 0.3) is 0 Å². The van der Waals surface area contributed by atoms with Gasteiger partial charge in [0.1, 0.15) is 5.75 Å². The van der Waals surface area contributed by atoms with Crippen LogP contribution in [0.25, 0.3) is 0 Å². The number of hydrogen-bond donors (Lipinski definition) is 2. The highest BCUT2D eigenvalue weighted by atomic mass is 16.5. The first-order chi connectivity index (χ1) is 8.74. The normalized spacial score (nSPS) is 12.4. The van der Waals surface area contributed by atoms with Gasteiger partial charge in [-0.05, 0) is 18.6 Å². The Hall–Kier alpha value is -1.92. The highest BCUT2D eigenvalue weighted by Crippen LogP contribution is 2.22. The number of nitrogens with one attached hydrogen (secondary N) is 1. The van der Waals surface area contributed by atoms with Gasteiger partial charge in [-0.15, -0.1) is 0 Å². The minimum absolute atomic E-state index is 0.195. The number of aryl methyl sites for hydroxylation is 1. The van der Waals surface area contributed by atoms with Gasteiger partial charge in [-0.25, -0.2) is 10.4 Å². The molecule has 3 N–H and O–H groups in total. The molecule has 18 heavy (non-hydrogen) atoms. The summed E-state index contributed by atoms with van der Waals surface area (Å²) < 4.78 is 7.30. The molecule has 1 unspecified atom stereocenters. The Morgan fingerprint density at radius 3 is 2.94 bits per heavy atom. The Kier molecular flexibility index (Phi) is 3.91. The van der Waals surface area contributed by atoms with Gasteiger partial charge < -0.3 is 9.30 Å². The predicted octanol–water partition coefficient (Wildman–Crippen LogP) is 0.766. The minimum Gasteiger partial charge on any atom is -0.492 e. The van der Waals surface area contributed by atoms with E-state index in [-0.39, 0.29) is 6.04 Å². The summed E-state index contributed by atoms with van der Waals surface area (Å²) in [5.41, 5.74) is 4.51. The largest absolute Gasteiger partial charge is 0.492 e. The average Bonchev–Trinajstić information content (AvgIpc) is 2.78. The fraction of sp³-hybridized carbons (Fsp3) is 0.333. The maximum atomic E-state index is 5.60. The Labute approximate surface area is 106 Å². The molecule has 2 rings (SSSR count). The predicted molar refractivity (Wildman–Crippen MR) is 67.8 cm³/mol. The van der Waals surface area contributed by atoms with Gasteiger partial charge in [-0.3, -0.25) is 10.8 Å². The van der Waals surface area contributed by atoms with Gasteiger partial charge in [0.2, 0.25) is 0 Å². The first-order valence-electron chi connectivity index (χ1n) is 5.76. The number of aromatic nitrogens is 3. The third-order valence-electron chi connectivity index (χ3n) is 2.57. The highest BCUT2D eigenvalue weighted by Gasteiger charge is 2.15. The lowest BCUT2D eigenvalue weighted by atomic mass is 10.1. The van der Waals surface area contributed by atoms with Crippen molar-refractivity contribution in [2.45, 2.75) is 13.0 Å². The average molecular weight is 247 g/mol. The fourth-order valence-electron chi connectivity index (χ4n) is 1.77. The summed E-state index contributed by atoms with van der Waals surface area (Å²) >= 11 is 0. The van der Waals surface area contributed by atoms with Gasteiger partial charge >= 0.3 is 0 Å². The van der Waals surface area contributed by atoms with Gasteiger partial charge in [0.15, 0.2) is 0 Å². The maximum absolute atomic E-state index is 5.60. The molecule has 2 aromatic rings. The van der Waals surface area contributed by atoms with Crippen molar-refractivity contribution in [3.05, 3.63) is 42.2 Å². The van der Waals surface area contributed by atoms with Crippen molar-refractivity contribution < 1.29 is 4.74 Å². The Balaban J connectivity index is 2.29. The highest BCUT2D eigenvalue weighted by molar-refractivity contribution is 5.30. The summed E-state index contributed by atoms with van der Waals surface area (Å²) in [5, 5.41) is 0. The molecule has 2 heterocycles. The van der Waals surface area contributed by atoms with Crippen molar-refractivity contribution in [3.8, 4) is 5.75 Å². The summed E-state index contributed by atoms with van der Waals surface area (Å²) in [6, 6.07) is 1.72. The van der Waals surface area contributed by atoms with Crippen molar-refractivity contribution in [1.29, 1.82) is 0 Å². The Bertz CT molecular complexity index is 511. The van der Waals surface area contributed by atoms with Gasteiger partial charge in [0, 0.05) is 19.4 Å². The molecule has 0 saturated carbocycles. The van der Waals surface area contributed by atoms with Crippen LogP contribution >= 0.6 is 0 Å². The van der Waals surface area contributed by atoms with E-state index >= 15 is 0 Å². The molecule has 0 aliphatic rings. The van der Waals surface area contributed by atoms with Crippen molar-refractivity contribution in [2.75, 3.05) is 6.61 Å². The summed E-state index contributed by atoms with van der Waals surface area (Å²) in [4.78, 5) is 8.44. The minimum atomic E-state index is -0.195. The zero-order valence-electron chi connectivity index (χ0n) is 10.5. The number of nitrogens with zero attached hydrogens (tertiary/aromatic N) is 3. The van der Waals surface area contributed by atoms with Crippen LogP contribution in [0.15, 0.2) is 31.0 Å². The lowest BCUT2D eigenvalue weighted by Crippen LogP contribution is -2.29. The zero-order valence-corrected chi connectivity index (χ0v) is 10.5. The molecule has 0 aromatic carbocycles. The molecule has 0 radical (unpaired) electrons. The molecular formula is C12H17N5O. The molecule has 6 heteroatoms. The van der Waals surface area contributed by atoms with Crippen LogP contribution in [0, 0.1) is 0 Å². The van der Waals surface area contributed by atoms with Crippen LogP contribution in [0.2, 0.25) is 0 Å². The number of rotatable bonds is 5. The topological polar surface area (TPSA) is 78.0 Å². The standard InChI is InChI=1S/C12H17N5O/c1-3-18-10-4-9(5-14-6-10)12(16-13)11-7-17(2)8-15-11/h4-8,12,16H,3,13H2,1-2H3. The Morgan fingerprint density at radius 1 is 1.50 bits per heavy atom. The van der Waals surface area contributed by atoms with Crippen molar-refractivity contribution in [1.82, 2.24) is 20.0 Å². The van der Waals surface area contributed by atoms with E-state index in [0.717, 1.165) is 17.0 Å². The zero-order chi connectivity index (χ0) is 13.0. The Morgan fingerprint density at radius 2 is 2.33 bits per heavy atom. The number of pyridine rings is 1. The van der Waals surface area contributed by atoms with E-state index in [1.165, 1.54) is 0 Å². The first kappa shape index (κ1) is 12.5. The van der Waals surface area contributed by atoms with E-state index in [1.54, 1.807) is 18.7 Å². The van der Waals surface area contributed by atoms with E-state index < -0.39 is 0 Å². The molecule has 0 saturated heterocycles. The molecule has 0 spiro atoms. The molecule has 0 aliphatic heterocycles. The number of imidazole rings is 1. The molecule has 0 aliphatic carbocycles. The van der Waals surface area contributed by atoms with Crippen LogP contribution < -0.4 is 16.0 Å². The third kappa shape index (κ3) is 2.66. The molecule has 6 nitrogen and oxygen atoms in total. The van der Waals surface area contributed by atoms with Crippen LogP contribution in [-0.4, -0.2) is 21.1 Å². The molecule has 96 valence electrons. The van der Waals surface area contributed by atoms with E-state index in [2.05, 4.69) is 15.4 Å². The van der Waals surface area contributed by atoms with E-state index in [9.17, 15) is 0 Å². The monoisotopic (exact) mass is 247 g/mol. The number of nitrogens with two attached hydrogens (primary N) is 1. The number of ether oxygens (including phenoxy) is 1. The van der Waals surface area contributed by atoms with Crippen LogP contribution in [0.4, 0.5) is 0 Å². The quantitative estimate of drug-likeness (QED) is 0.602. The first-order valence-corrected chi connectivity index (χ1v) is 5.76. The fourth-order valence-corrected chi connectivity index (χ4v) is 1.77. The van der Waals surface area contributed by atoms with E-state index in [0.29, 0.717) is 6.61 Å². The summed E-state index contributed by atoms with van der Waals surface area (Å²) in [6.07, 6.45) is 7.08. The molecule has 0 amide bonds. The van der Waals surface area contributed by atoms with Crippen LogP contribution in [0.3, 0.4) is 0 Å². The van der Waals surface area contributed by atoms with E-state index in [4.69, 9.17) is 10.6 Å². The van der Waals surface area contributed by atoms with Gasteiger partial charge in [-0.1, -0.05) is 0 Å². The van der Waals surface area contributed by atoms with Gasteiger partial charge in [-0.2, -0.15) is 0 Å². The third-order valence-corrected chi connectivity index (χ3v) is 2.57. The molecule has 2 aromatic heterocycles. The summed E-state index contributed by atoms with van der Waals surface area (Å²) in [7, 11) is 1.92. The van der Waals surface area contributed by atoms with Crippen molar-refractivity contribution in [3.63, 3.8) is 0 Å². The maximum Gasteiger partial charge on any atom is 0.137 e. The van der Waals surface area contributed by atoms with E-state index in [1.807, 2.05) is 30.8 Å². The van der Waals surface area contributed by atoms with Crippen LogP contribution in [0.1, 0.15) is 24.2 Å². The number of hydrogen-bond acceptors (Lipinski definition) is 5. The van der Waals surface area contributed by atoms with Crippen LogP contribution in [-0.2, 0) is 7.05 Å². The lowest BCUT2D eigenvalue weighted by Gasteiger charge is -2.14. The second-order valence-corrected chi connectivity index (χ2v) is 3.95.